The minimum absolute atomic E-state index is 0.314. The third-order valence-corrected chi connectivity index (χ3v) is 3.91. The van der Waals surface area contributed by atoms with Crippen LogP contribution in [0.2, 0.25) is 0 Å². The van der Waals surface area contributed by atoms with Gasteiger partial charge in [0.15, 0.2) is 0 Å². The molecule has 0 aliphatic carbocycles. The standard InChI is InChI=1S/C11H16N2S2/c12-11(14)10-3-1-2-5-13(10)7-9-4-6-15-8-9/h4,6,8,10H,1-3,5,7H2,(H2,12,14). The SMILES string of the molecule is NC(=S)C1CCCCN1Cc1ccsc1. The van der Waals surface area contributed by atoms with Crippen molar-refractivity contribution < 1.29 is 0 Å². The number of thiophene rings is 1. The Labute approximate surface area is 100 Å². The zero-order valence-electron chi connectivity index (χ0n) is 8.69. The summed E-state index contributed by atoms with van der Waals surface area (Å²) in [6.45, 7) is 2.11. The fourth-order valence-corrected chi connectivity index (χ4v) is 3.05. The molecule has 82 valence electrons. The van der Waals surface area contributed by atoms with Gasteiger partial charge in [-0.1, -0.05) is 18.6 Å². The zero-order chi connectivity index (χ0) is 10.7. The van der Waals surface area contributed by atoms with E-state index in [-0.39, 0.29) is 0 Å². The quantitative estimate of drug-likeness (QED) is 0.823. The average molecular weight is 240 g/mol. The molecular formula is C11H16N2S2. The Morgan fingerprint density at radius 2 is 2.47 bits per heavy atom. The molecule has 0 aromatic carbocycles. The van der Waals surface area contributed by atoms with E-state index in [0.717, 1.165) is 19.5 Å². The molecule has 15 heavy (non-hydrogen) atoms. The van der Waals surface area contributed by atoms with Gasteiger partial charge >= 0.3 is 0 Å². The Morgan fingerprint density at radius 3 is 3.13 bits per heavy atom. The molecule has 1 aliphatic heterocycles. The van der Waals surface area contributed by atoms with Gasteiger partial charge in [-0.25, -0.2) is 0 Å². The fourth-order valence-electron chi connectivity index (χ4n) is 2.12. The van der Waals surface area contributed by atoms with Crippen molar-refractivity contribution in [2.24, 2.45) is 5.73 Å². The third-order valence-electron chi connectivity index (χ3n) is 2.91. The normalized spacial score (nSPS) is 22.8. The smallest absolute Gasteiger partial charge is 0.0902 e. The molecule has 2 heterocycles. The van der Waals surface area contributed by atoms with Gasteiger partial charge in [0.1, 0.15) is 0 Å². The molecule has 1 saturated heterocycles. The molecule has 1 aliphatic rings. The number of hydrogen-bond donors (Lipinski definition) is 1. The number of likely N-dealkylation sites (tertiary alicyclic amines) is 1. The van der Waals surface area contributed by atoms with Crippen LogP contribution in [0, 0.1) is 0 Å². The van der Waals surface area contributed by atoms with Crippen molar-refractivity contribution in [3.63, 3.8) is 0 Å². The number of nitrogens with two attached hydrogens (primary N) is 1. The van der Waals surface area contributed by atoms with Crippen molar-refractivity contribution in [1.29, 1.82) is 0 Å². The summed E-state index contributed by atoms with van der Waals surface area (Å²) in [5.74, 6) is 0. The highest BCUT2D eigenvalue weighted by Crippen LogP contribution is 2.20. The average Bonchev–Trinajstić information content (AvgIpc) is 2.71. The molecule has 0 bridgehead atoms. The second-order valence-electron chi connectivity index (χ2n) is 4.02. The molecule has 1 aromatic heterocycles. The first kappa shape index (κ1) is 11.0. The molecule has 1 unspecified atom stereocenters. The Bertz CT molecular complexity index is 321. The van der Waals surface area contributed by atoms with E-state index in [4.69, 9.17) is 18.0 Å². The minimum atomic E-state index is 0.314. The first-order valence-electron chi connectivity index (χ1n) is 5.32. The molecule has 4 heteroatoms. The van der Waals surface area contributed by atoms with Crippen molar-refractivity contribution in [2.45, 2.75) is 31.8 Å². The maximum Gasteiger partial charge on any atom is 0.0902 e. The summed E-state index contributed by atoms with van der Waals surface area (Å²) in [6, 6.07) is 2.49. The Kier molecular flexibility index (Phi) is 3.72. The molecule has 0 saturated carbocycles. The number of thiocarbonyl (C=S) groups is 1. The second-order valence-corrected chi connectivity index (χ2v) is 5.27. The van der Waals surface area contributed by atoms with E-state index in [1.165, 1.54) is 18.4 Å². The molecule has 0 radical (unpaired) electrons. The molecule has 0 spiro atoms. The summed E-state index contributed by atoms with van der Waals surface area (Å²) in [5, 5.41) is 4.32. The molecule has 1 fully saturated rings. The van der Waals surface area contributed by atoms with E-state index in [2.05, 4.69) is 21.7 Å². The maximum atomic E-state index is 5.78. The Hall–Kier alpha value is -0.450. The van der Waals surface area contributed by atoms with Crippen LogP contribution in [0.25, 0.3) is 0 Å². The van der Waals surface area contributed by atoms with E-state index >= 15 is 0 Å². The van der Waals surface area contributed by atoms with Crippen LogP contribution in [-0.2, 0) is 6.54 Å². The van der Waals surface area contributed by atoms with Crippen LogP contribution in [-0.4, -0.2) is 22.5 Å². The summed E-state index contributed by atoms with van der Waals surface area (Å²) >= 11 is 6.87. The number of piperidine rings is 1. The van der Waals surface area contributed by atoms with Crippen LogP contribution in [0.1, 0.15) is 24.8 Å². The molecule has 2 N–H and O–H groups in total. The minimum Gasteiger partial charge on any atom is -0.392 e. The highest BCUT2D eigenvalue weighted by atomic mass is 32.1. The van der Waals surface area contributed by atoms with Gasteiger partial charge in [-0.2, -0.15) is 11.3 Å². The summed E-state index contributed by atoms with van der Waals surface area (Å²) in [4.78, 5) is 3.07. The van der Waals surface area contributed by atoms with Crippen LogP contribution in [0.5, 0.6) is 0 Å². The Morgan fingerprint density at radius 1 is 1.60 bits per heavy atom. The van der Waals surface area contributed by atoms with Crippen LogP contribution in [0.3, 0.4) is 0 Å². The highest BCUT2D eigenvalue weighted by Gasteiger charge is 2.24. The largest absolute Gasteiger partial charge is 0.392 e. The Balaban J connectivity index is 2.02. The van der Waals surface area contributed by atoms with Crippen molar-refractivity contribution in [1.82, 2.24) is 4.90 Å². The van der Waals surface area contributed by atoms with Crippen molar-refractivity contribution in [3.05, 3.63) is 22.4 Å². The predicted molar refractivity (Wildman–Crippen MR) is 69.2 cm³/mol. The second kappa shape index (κ2) is 5.05. The van der Waals surface area contributed by atoms with Crippen LogP contribution >= 0.6 is 23.6 Å². The monoisotopic (exact) mass is 240 g/mol. The third kappa shape index (κ3) is 2.77. The summed E-state index contributed by atoms with van der Waals surface area (Å²) in [7, 11) is 0. The molecule has 1 aromatic rings. The van der Waals surface area contributed by atoms with Gasteiger partial charge in [0.2, 0.25) is 0 Å². The number of hydrogen-bond acceptors (Lipinski definition) is 3. The van der Waals surface area contributed by atoms with E-state index < -0.39 is 0 Å². The van der Waals surface area contributed by atoms with Crippen LogP contribution < -0.4 is 5.73 Å². The van der Waals surface area contributed by atoms with Gasteiger partial charge in [-0.05, 0) is 41.8 Å². The summed E-state index contributed by atoms with van der Waals surface area (Å²) < 4.78 is 0. The molecular weight excluding hydrogens is 224 g/mol. The molecule has 0 amide bonds. The van der Waals surface area contributed by atoms with E-state index in [1.807, 2.05) is 0 Å². The zero-order valence-corrected chi connectivity index (χ0v) is 10.3. The van der Waals surface area contributed by atoms with Gasteiger partial charge in [0.05, 0.1) is 11.0 Å². The molecule has 2 rings (SSSR count). The van der Waals surface area contributed by atoms with E-state index in [1.54, 1.807) is 11.3 Å². The predicted octanol–water partition coefficient (Wildman–Crippen LogP) is 2.39. The van der Waals surface area contributed by atoms with Gasteiger partial charge in [0.25, 0.3) is 0 Å². The van der Waals surface area contributed by atoms with Gasteiger partial charge in [0, 0.05) is 6.54 Å². The highest BCUT2D eigenvalue weighted by molar-refractivity contribution is 7.80. The lowest BCUT2D eigenvalue weighted by molar-refractivity contribution is 0.185. The van der Waals surface area contributed by atoms with Crippen LogP contribution in [0.4, 0.5) is 0 Å². The van der Waals surface area contributed by atoms with E-state index in [0.29, 0.717) is 11.0 Å². The lowest BCUT2D eigenvalue weighted by atomic mass is 10.0. The molecule has 2 nitrogen and oxygen atoms in total. The topological polar surface area (TPSA) is 29.3 Å². The van der Waals surface area contributed by atoms with Crippen molar-refractivity contribution in [2.75, 3.05) is 6.54 Å². The first-order valence-corrected chi connectivity index (χ1v) is 6.67. The fraction of sp³-hybridized carbons (Fsp3) is 0.545. The summed E-state index contributed by atoms with van der Waals surface area (Å²) in [5.41, 5.74) is 7.16. The summed E-state index contributed by atoms with van der Waals surface area (Å²) in [6.07, 6.45) is 3.64. The first-order chi connectivity index (χ1) is 7.27. The van der Waals surface area contributed by atoms with Crippen LogP contribution in [0.15, 0.2) is 16.8 Å². The van der Waals surface area contributed by atoms with Crippen molar-refractivity contribution in [3.8, 4) is 0 Å². The maximum absolute atomic E-state index is 5.78. The van der Waals surface area contributed by atoms with Gasteiger partial charge in [-0.15, -0.1) is 0 Å². The van der Waals surface area contributed by atoms with Gasteiger partial charge in [-0.3, -0.25) is 4.90 Å². The number of nitrogens with zero attached hydrogens (tertiary/aromatic N) is 1. The molecule has 1 atom stereocenters. The van der Waals surface area contributed by atoms with Crippen molar-refractivity contribution >= 4 is 28.5 Å². The van der Waals surface area contributed by atoms with E-state index in [9.17, 15) is 0 Å². The lowest BCUT2D eigenvalue weighted by Gasteiger charge is -2.34. The lowest BCUT2D eigenvalue weighted by Crippen LogP contribution is -2.46. The number of rotatable bonds is 3. The van der Waals surface area contributed by atoms with Gasteiger partial charge < -0.3 is 5.73 Å².